The molecule has 1 aliphatic heterocycles. The van der Waals surface area contributed by atoms with E-state index >= 15 is 0 Å². The molecule has 0 aromatic carbocycles. The van der Waals surface area contributed by atoms with Gasteiger partial charge in [-0.25, -0.2) is 0 Å². The third-order valence-corrected chi connectivity index (χ3v) is 3.58. The summed E-state index contributed by atoms with van der Waals surface area (Å²) in [5.74, 6) is 0.676. The largest absolute Gasteiger partial charge is 0.326 e. The molecule has 1 saturated heterocycles. The molecule has 2 rings (SSSR count). The van der Waals surface area contributed by atoms with Crippen LogP contribution >= 0.6 is 0 Å². The van der Waals surface area contributed by atoms with Crippen LogP contribution in [0.1, 0.15) is 18.9 Å². The molecule has 4 nitrogen and oxygen atoms in total. The molecule has 0 aliphatic carbocycles. The lowest BCUT2D eigenvalue weighted by atomic mass is 9.94. The van der Waals surface area contributed by atoms with Crippen LogP contribution in [0.5, 0.6) is 0 Å². The third-order valence-electron chi connectivity index (χ3n) is 3.58. The highest BCUT2D eigenvalue weighted by Gasteiger charge is 2.22. The lowest BCUT2D eigenvalue weighted by molar-refractivity contribution is 0.170. The van der Waals surface area contributed by atoms with Crippen molar-refractivity contribution in [2.45, 2.75) is 25.8 Å². The number of nitrogens with two attached hydrogens (primary N) is 1. The van der Waals surface area contributed by atoms with Crippen LogP contribution in [-0.4, -0.2) is 40.4 Å². The van der Waals surface area contributed by atoms with Gasteiger partial charge in [0.25, 0.3) is 0 Å². The Morgan fingerprint density at radius 3 is 3.00 bits per heavy atom. The molecule has 2 heterocycles. The van der Waals surface area contributed by atoms with Crippen LogP contribution in [0.25, 0.3) is 0 Å². The van der Waals surface area contributed by atoms with Crippen molar-refractivity contribution in [3.63, 3.8) is 0 Å². The van der Waals surface area contributed by atoms with Crippen molar-refractivity contribution in [2.24, 2.45) is 18.7 Å². The normalized spacial score (nSPS) is 27.2. The molecule has 2 atom stereocenters. The minimum atomic E-state index is 0.350. The molecular formula is C12H22N4. The molecule has 1 aromatic rings. The number of hydrogen-bond donors (Lipinski definition) is 1. The first-order valence-corrected chi connectivity index (χ1v) is 6.10. The van der Waals surface area contributed by atoms with Gasteiger partial charge in [-0.3, -0.25) is 4.68 Å². The molecule has 90 valence electrons. The van der Waals surface area contributed by atoms with Crippen LogP contribution in [0.3, 0.4) is 0 Å². The molecule has 0 bridgehead atoms. The summed E-state index contributed by atoms with van der Waals surface area (Å²) in [6.45, 7) is 5.59. The second-order valence-corrected chi connectivity index (χ2v) is 5.00. The zero-order chi connectivity index (χ0) is 11.5. The topological polar surface area (TPSA) is 47.1 Å². The van der Waals surface area contributed by atoms with Crippen molar-refractivity contribution in [1.29, 1.82) is 0 Å². The maximum Gasteiger partial charge on any atom is 0.0522 e. The smallest absolute Gasteiger partial charge is 0.0522 e. The third kappa shape index (κ3) is 2.83. The Morgan fingerprint density at radius 1 is 1.56 bits per heavy atom. The number of rotatable bonds is 3. The highest BCUT2D eigenvalue weighted by atomic mass is 15.2. The van der Waals surface area contributed by atoms with E-state index in [2.05, 4.69) is 23.1 Å². The summed E-state index contributed by atoms with van der Waals surface area (Å²) in [5, 5.41) is 4.18. The van der Waals surface area contributed by atoms with Gasteiger partial charge >= 0.3 is 0 Å². The van der Waals surface area contributed by atoms with Crippen LogP contribution in [0.2, 0.25) is 0 Å². The van der Waals surface area contributed by atoms with Crippen molar-refractivity contribution in [3.05, 3.63) is 18.0 Å². The highest BCUT2D eigenvalue weighted by molar-refractivity contribution is 5.04. The molecule has 0 spiro atoms. The monoisotopic (exact) mass is 222 g/mol. The van der Waals surface area contributed by atoms with Gasteiger partial charge in [-0.15, -0.1) is 0 Å². The summed E-state index contributed by atoms with van der Waals surface area (Å²) in [7, 11) is 1.96. The number of hydrogen-bond acceptors (Lipinski definition) is 3. The molecule has 0 amide bonds. The van der Waals surface area contributed by atoms with Gasteiger partial charge in [-0.2, -0.15) is 5.10 Å². The van der Waals surface area contributed by atoms with Crippen LogP contribution in [0, 0.1) is 5.92 Å². The van der Waals surface area contributed by atoms with Crippen molar-refractivity contribution in [2.75, 3.05) is 19.6 Å². The molecule has 1 aliphatic rings. The van der Waals surface area contributed by atoms with Crippen molar-refractivity contribution < 1.29 is 0 Å². The van der Waals surface area contributed by atoms with E-state index in [4.69, 9.17) is 5.73 Å². The lowest BCUT2D eigenvalue weighted by Crippen LogP contribution is -2.47. The van der Waals surface area contributed by atoms with Gasteiger partial charge in [0.15, 0.2) is 0 Å². The standard InChI is InChI=1S/C12H22N4/c1-10-3-5-16(9-12(10)13)6-4-11-7-14-15(2)8-11/h7-8,10,12H,3-6,9,13H2,1-2H3. The van der Waals surface area contributed by atoms with Gasteiger partial charge in [0.1, 0.15) is 0 Å². The molecular weight excluding hydrogens is 200 g/mol. The van der Waals surface area contributed by atoms with Crippen LogP contribution in [0.4, 0.5) is 0 Å². The first kappa shape index (κ1) is 11.6. The summed E-state index contributed by atoms with van der Waals surface area (Å²) < 4.78 is 1.86. The quantitative estimate of drug-likeness (QED) is 0.816. The second-order valence-electron chi connectivity index (χ2n) is 5.00. The van der Waals surface area contributed by atoms with Gasteiger partial charge < -0.3 is 10.6 Å². The Hall–Kier alpha value is -0.870. The van der Waals surface area contributed by atoms with Crippen molar-refractivity contribution in [1.82, 2.24) is 14.7 Å². The Kier molecular flexibility index (Phi) is 3.61. The van der Waals surface area contributed by atoms with Crippen LogP contribution < -0.4 is 5.73 Å². The molecule has 1 fully saturated rings. The van der Waals surface area contributed by atoms with E-state index in [1.54, 1.807) is 0 Å². The summed E-state index contributed by atoms with van der Waals surface area (Å²) in [6, 6.07) is 0.350. The Balaban J connectivity index is 1.78. The number of likely N-dealkylation sites (tertiary alicyclic amines) is 1. The summed E-state index contributed by atoms with van der Waals surface area (Å²) >= 11 is 0. The van der Waals surface area contributed by atoms with Gasteiger partial charge in [-0.1, -0.05) is 6.92 Å². The van der Waals surface area contributed by atoms with E-state index in [-0.39, 0.29) is 0 Å². The van der Waals surface area contributed by atoms with E-state index in [0.717, 1.165) is 19.5 Å². The molecule has 1 aromatic heterocycles. The van der Waals surface area contributed by atoms with Crippen molar-refractivity contribution in [3.8, 4) is 0 Å². The molecule has 2 unspecified atom stereocenters. The van der Waals surface area contributed by atoms with Gasteiger partial charge in [0, 0.05) is 32.4 Å². The molecule has 16 heavy (non-hydrogen) atoms. The number of piperidine rings is 1. The van der Waals surface area contributed by atoms with Gasteiger partial charge in [0.2, 0.25) is 0 Å². The van der Waals surface area contributed by atoms with E-state index in [1.807, 2.05) is 17.9 Å². The summed E-state index contributed by atoms with van der Waals surface area (Å²) in [4.78, 5) is 2.47. The summed E-state index contributed by atoms with van der Waals surface area (Å²) in [6.07, 6.45) is 6.35. The Bertz CT molecular complexity index is 334. The van der Waals surface area contributed by atoms with E-state index < -0.39 is 0 Å². The zero-order valence-electron chi connectivity index (χ0n) is 10.3. The maximum atomic E-state index is 6.08. The molecule has 0 radical (unpaired) electrons. The average Bonchev–Trinajstić information content (AvgIpc) is 2.66. The number of aromatic nitrogens is 2. The van der Waals surface area contributed by atoms with E-state index in [0.29, 0.717) is 12.0 Å². The average molecular weight is 222 g/mol. The fraction of sp³-hybridized carbons (Fsp3) is 0.750. The minimum Gasteiger partial charge on any atom is -0.326 e. The van der Waals surface area contributed by atoms with Crippen LogP contribution in [-0.2, 0) is 13.5 Å². The fourth-order valence-corrected chi connectivity index (χ4v) is 2.26. The molecule has 0 saturated carbocycles. The predicted octanol–water partition coefficient (Wildman–Crippen LogP) is 0.632. The zero-order valence-corrected chi connectivity index (χ0v) is 10.3. The number of aryl methyl sites for hydroxylation is 1. The Morgan fingerprint density at radius 2 is 2.38 bits per heavy atom. The first-order chi connectivity index (χ1) is 7.65. The maximum absolute atomic E-state index is 6.08. The van der Waals surface area contributed by atoms with E-state index in [9.17, 15) is 0 Å². The summed E-state index contributed by atoms with van der Waals surface area (Å²) in [5.41, 5.74) is 7.40. The van der Waals surface area contributed by atoms with Crippen LogP contribution in [0.15, 0.2) is 12.4 Å². The van der Waals surface area contributed by atoms with Gasteiger partial charge in [-0.05, 0) is 30.9 Å². The number of nitrogens with zero attached hydrogens (tertiary/aromatic N) is 3. The second kappa shape index (κ2) is 4.97. The molecule has 4 heteroatoms. The predicted molar refractivity (Wildman–Crippen MR) is 65.1 cm³/mol. The van der Waals surface area contributed by atoms with Gasteiger partial charge in [0.05, 0.1) is 6.20 Å². The van der Waals surface area contributed by atoms with Crippen molar-refractivity contribution >= 4 is 0 Å². The highest BCUT2D eigenvalue weighted by Crippen LogP contribution is 2.15. The van der Waals surface area contributed by atoms with E-state index in [1.165, 1.54) is 18.5 Å². The lowest BCUT2D eigenvalue weighted by Gasteiger charge is -2.34. The Labute approximate surface area is 97.4 Å². The first-order valence-electron chi connectivity index (χ1n) is 6.10. The SMILES string of the molecule is CC1CCN(CCc2cnn(C)c2)CC1N. The molecule has 2 N–H and O–H groups in total. The minimum absolute atomic E-state index is 0.350. The fourth-order valence-electron chi connectivity index (χ4n) is 2.26.